The average Bonchev–Trinajstić information content (AvgIpc) is 2.81. The molecule has 0 aliphatic heterocycles. The van der Waals surface area contributed by atoms with Crippen molar-refractivity contribution in [3.05, 3.63) is 0 Å². The molecule has 2 unspecified atom stereocenters. The highest BCUT2D eigenvalue weighted by atomic mass is 15.0. The molecule has 70 valence electrons. The van der Waals surface area contributed by atoms with Crippen molar-refractivity contribution in [1.29, 1.82) is 0 Å². The zero-order chi connectivity index (χ0) is 8.77. The Balaban J connectivity index is 1.71. The van der Waals surface area contributed by atoms with Crippen LogP contribution in [0.2, 0.25) is 0 Å². The van der Waals surface area contributed by atoms with Gasteiger partial charge in [-0.3, -0.25) is 0 Å². The van der Waals surface area contributed by atoms with Gasteiger partial charge in [-0.15, -0.1) is 0 Å². The highest BCUT2D eigenvalue weighted by Crippen LogP contribution is 2.57. The van der Waals surface area contributed by atoms with E-state index in [1.165, 1.54) is 25.8 Å². The van der Waals surface area contributed by atoms with Crippen LogP contribution in [0.3, 0.4) is 0 Å². The van der Waals surface area contributed by atoms with Crippen LogP contribution in [0.5, 0.6) is 0 Å². The van der Waals surface area contributed by atoms with Crippen molar-refractivity contribution in [2.24, 2.45) is 17.3 Å². The lowest BCUT2D eigenvalue weighted by Crippen LogP contribution is -2.22. The molecule has 12 heavy (non-hydrogen) atoms. The van der Waals surface area contributed by atoms with E-state index in [0.29, 0.717) is 5.41 Å². The highest BCUT2D eigenvalue weighted by molar-refractivity contribution is 5.02. The Bertz CT molecular complexity index is 172. The van der Waals surface area contributed by atoms with E-state index in [-0.39, 0.29) is 0 Å². The summed E-state index contributed by atoms with van der Waals surface area (Å²) in [6.45, 7) is 8.44. The van der Waals surface area contributed by atoms with E-state index in [1.54, 1.807) is 0 Å². The molecule has 2 atom stereocenters. The summed E-state index contributed by atoms with van der Waals surface area (Å²) in [7, 11) is 0. The van der Waals surface area contributed by atoms with Gasteiger partial charge >= 0.3 is 0 Å². The topological polar surface area (TPSA) is 12.0 Å². The van der Waals surface area contributed by atoms with E-state index in [1.807, 2.05) is 0 Å². The minimum Gasteiger partial charge on any atom is -0.314 e. The Hall–Kier alpha value is -0.0400. The third kappa shape index (κ3) is 1.52. The normalized spacial score (nSPS) is 40.5. The summed E-state index contributed by atoms with van der Waals surface area (Å²) < 4.78 is 0. The molecule has 0 radical (unpaired) electrons. The van der Waals surface area contributed by atoms with Crippen LogP contribution < -0.4 is 5.32 Å². The van der Waals surface area contributed by atoms with Crippen LogP contribution in [0.1, 0.15) is 40.0 Å². The minimum absolute atomic E-state index is 0.669. The second kappa shape index (κ2) is 2.73. The fourth-order valence-electron chi connectivity index (χ4n) is 2.08. The van der Waals surface area contributed by atoms with Gasteiger partial charge in [0.15, 0.2) is 0 Å². The van der Waals surface area contributed by atoms with Crippen molar-refractivity contribution in [2.75, 3.05) is 6.54 Å². The Morgan fingerprint density at radius 2 is 2.08 bits per heavy atom. The van der Waals surface area contributed by atoms with Crippen molar-refractivity contribution in [2.45, 2.75) is 46.1 Å². The zero-order valence-electron chi connectivity index (χ0n) is 8.56. The van der Waals surface area contributed by atoms with Crippen LogP contribution >= 0.6 is 0 Å². The maximum atomic E-state index is 3.63. The number of hydrogen-bond donors (Lipinski definition) is 1. The first-order chi connectivity index (χ1) is 5.63. The van der Waals surface area contributed by atoms with Gasteiger partial charge in [-0.1, -0.05) is 20.8 Å². The van der Waals surface area contributed by atoms with Crippen LogP contribution in [0.25, 0.3) is 0 Å². The van der Waals surface area contributed by atoms with Crippen molar-refractivity contribution in [1.82, 2.24) is 5.32 Å². The fraction of sp³-hybridized carbons (Fsp3) is 1.00. The van der Waals surface area contributed by atoms with Crippen molar-refractivity contribution in [3.63, 3.8) is 0 Å². The van der Waals surface area contributed by atoms with Crippen molar-refractivity contribution >= 4 is 0 Å². The van der Waals surface area contributed by atoms with Crippen molar-refractivity contribution < 1.29 is 0 Å². The lowest BCUT2D eigenvalue weighted by Gasteiger charge is -2.15. The van der Waals surface area contributed by atoms with Gasteiger partial charge in [0.2, 0.25) is 0 Å². The molecular weight excluding hydrogens is 146 g/mol. The first-order valence-electron chi connectivity index (χ1n) is 5.36. The third-order valence-electron chi connectivity index (χ3n) is 4.01. The summed E-state index contributed by atoms with van der Waals surface area (Å²) in [5, 5.41) is 3.63. The largest absolute Gasteiger partial charge is 0.314 e. The molecule has 1 nitrogen and oxygen atoms in total. The molecule has 0 amide bonds. The maximum absolute atomic E-state index is 3.63. The Kier molecular flexibility index (Phi) is 1.95. The van der Waals surface area contributed by atoms with Gasteiger partial charge in [-0.2, -0.15) is 0 Å². The molecule has 2 fully saturated rings. The van der Waals surface area contributed by atoms with Gasteiger partial charge in [-0.25, -0.2) is 0 Å². The molecule has 0 aromatic carbocycles. The molecule has 0 saturated heterocycles. The van der Waals surface area contributed by atoms with Crippen LogP contribution in [0.4, 0.5) is 0 Å². The van der Waals surface area contributed by atoms with Crippen molar-refractivity contribution in [3.8, 4) is 0 Å². The van der Waals surface area contributed by atoms with Gasteiger partial charge in [0, 0.05) is 6.04 Å². The van der Waals surface area contributed by atoms with E-state index in [9.17, 15) is 0 Å². The first kappa shape index (κ1) is 8.55. The molecule has 2 aliphatic rings. The summed E-state index contributed by atoms with van der Waals surface area (Å²) in [6, 6.07) is 0.891. The summed E-state index contributed by atoms with van der Waals surface area (Å²) in [4.78, 5) is 0. The summed E-state index contributed by atoms with van der Waals surface area (Å²) >= 11 is 0. The molecule has 0 aromatic heterocycles. The van der Waals surface area contributed by atoms with Gasteiger partial charge in [0.25, 0.3) is 0 Å². The summed E-state index contributed by atoms with van der Waals surface area (Å²) in [5.74, 6) is 1.83. The SMILES string of the molecule is CC(C)C1(C)CC1CNC1CC1. The third-order valence-corrected chi connectivity index (χ3v) is 4.01. The van der Waals surface area contributed by atoms with Crippen LogP contribution in [-0.4, -0.2) is 12.6 Å². The summed E-state index contributed by atoms with van der Waals surface area (Å²) in [5.41, 5.74) is 0.669. The molecule has 0 aromatic rings. The molecule has 2 rings (SSSR count). The average molecular weight is 167 g/mol. The predicted octanol–water partition coefficient (Wildman–Crippen LogP) is 2.42. The van der Waals surface area contributed by atoms with E-state index in [0.717, 1.165) is 17.9 Å². The van der Waals surface area contributed by atoms with Gasteiger partial charge < -0.3 is 5.32 Å². The highest BCUT2D eigenvalue weighted by Gasteiger charge is 2.51. The predicted molar refractivity (Wildman–Crippen MR) is 52.1 cm³/mol. The lowest BCUT2D eigenvalue weighted by molar-refractivity contribution is 0.351. The Labute approximate surface area is 75.9 Å². The molecule has 2 aliphatic carbocycles. The molecule has 1 heteroatoms. The first-order valence-corrected chi connectivity index (χ1v) is 5.36. The zero-order valence-corrected chi connectivity index (χ0v) is 8.56. The molecule has 0 spiro atoms. The van der Waals surface area contributed by atoms with Gasteiger partial charge in [0.05, 0.1) is 0 Å². The maximum Gasteiger partial charge on any atom is 0.00683 e. The fourth-order valence-corrected chi connectivity index (χ4v) is 2.08. The van der Waals surface area contributed by atoms with Gasteiger partial charge in [-0.05, 0) is 43.1 Å². The second-order valence-electron chi connectivity index (χ2n) is 5.24. The monoisotopic (exact) mass is 167 g/mol. The quantitative estimate of drug-likeness (QED) is 0.678. The Morgan fingerprint density at radius 1 is 1.42 bits per heavy atom. The summed E-state index contributed by atoms with van der Waals surface area (Å²) in [6.07, 6.45) is 4.29. The Morgan fingerprint density at radius 3 is 2.50 bits per heavy atom. The molecule has 2 saturated carbocycles. The molecule has 1 N–H and O–H groups in total. The van der Waals surface area contributed by atoms with Crippen LogP contribution in [0, 0.1) is 17.3 Å². The van der Waals surface area contributed by atoms with E-state index in [2.05, 4.69) is 26.1 Å². The number of hydrogen-bond acceptors (Lipinski definition) is 1. The minimum atomic E-state index is 0.669. The molecule has 0 bridgehead atoms. The number of rotatable bonds is 4. The standard InChI is InChI=1S/C11H21N/c1-8(2)11(3)6-9(11)7-12-10-4-5-10/h8-10,12H,4-7H2,1-3H3. The van der Waals surface area contributed by atoms with E-state index >= 15 is 0 Å². The van der Waals surface area contributed by atoms with Gasteiger partial charge in [0.1, 0.15) is 0 Å². The smallest absolute Gasteiger partial charge is 0.00683 e. The number of nitrogens with one attached hydrogen (secondary N) is 1. The van der Waals surface area contributed by atoms with E-state index < -0.39 is 0 Å². The molecular formula is C11H21N. The van der Waals surface area contributed by atoms with Crippen LogP contribution in [-0.2, 0) is 0 Å². The molecule has 0 heterocycles. The van der Waals surface area contributed by atoms with E-state index in [4.69, 9.17) is 0 Å². The second-order valence-corrected chi connectivity index (χ2v) is 5.24. The lowest BCUT2D eigenvalue weighted by atomic mass is 9.92. The van der Waals surface area contributed by atoms with Crippen LogP contribution in [0.15, 0.2) is 0 Å².